The zero-order chi connectivity index (χ0) is 15.5. The summed E-state index contributed by atoms with van der Waals surface area (Å²) in [6, 6.07) is 8.21. The summed E-state index contributed by atoms with van der Waals surface area (Å²) >= 11 is 0. The summed E-state index contributed by atoms with van der Waals surface area (Å²) in [5.74, 6) is 0.119. The van der Waals surface area contributed by atoms with Crippen molar-refractivity contribution in [1.29, 1.82) is 0 Å². The molecule has 120 valence electrons. The van der Waals surface area contributed by atoms with Crippen LogP contribution in [0.1, 0.15) is 22.3 Å². The number of amides is 1. The molecule has 0 aromatic heterocycles. The van der Waals surface area contributed by atoms with Gasteiger partial charge in [-0.1, -0.05) is 12.1 Å². The van der Waals surface area contributed by atoms with E-state index in [0.717, 1.165) is 51.3 Å². The highest BCUT2D eigenvalue weighted by atomic mass is 16.2. The van der Waals surface area contributed by atoms with E-state index < -0.39 is 0 Å². The molecule has 5 nitrogen and oxygen atoms in total. The lowest BCUT2D eigenvalue weighted by Gasteiger charge is -2.32. The number of nitrogens with two attached hydrogens (primary N) is 1. The van der Waals surface area contributed by atoms with Crippen LogP contribution in [0.3, 0.4) is 0 Å². The van der Waals surface area contributed by atoms with Gasteiger partial charge in [-0.25, -0.2) is 0 Å². The first-order valence-electron chi connectivity index (χ1n) is 8.16. The van der Waals surface area contributed by atoms with E-state index in [-0.39, 0.29) is 11.9 Å². The Labute approximate surface area is 132 Å². The van der Waals surface area contributed by atoms with E-state index in [2.05, 4.69) is 22.9 Å². The van der Waals surface area contributed by atoms with Crippen LogP contribution in [0.25, 0.3) is 0 Å². The monoisotopic (exact) mass is 302 g/mol. The van der Waals surface area contributed by atoms with Crippen LogP contribution in [0.2, 0.25) is 0 Å². The second-order valence-electron chi connectivity index (χ2n) is 6.58. The van der Waals surface area contributed by atoms with Crippen molar-refractivity contribution in [3.8, 4) is 0 Å². The lowest BCUT2D eigenvalue weighted by atomic mass is 10.1. The van der Waals surface area contributed by atoms with Crippen molar-refractivity contribution in [3.63, 3.8) is 0 Å². The number of likely N-dealkylation sites (N-methyl/N-ethyl adjacent to an activating group) is 1. The third-order valence-corrected chi connectivity index (χ3v) is 4.69. The number of rotatable bonds is 3. The normalized spacial score (nSPS) is 23.9. The summed E-state index contributed by atoms with van der Waals surface area (Å²) in [7, 11) is 2.16. The molecule has 2 N–H and O–H groups in total. The van der Waals surface area contributed by atoms with Gasteiger partial charge in [-0.2, -0.15) is 0 Å². The fourth-order valence-corrected chi connectivity index (χ4v) is 3.22. The van der Waals surface area contributed by atoms with Crippen molar-refractivity contribution in [3.05, 3.63) is 35.4 Å². The molecule has 0 radical (unpaired) electrons. The Balaban J connectivity index is 1.63. The highest BCUT2D eigenvalue weighted by Crippen LogP contribution is 2.15. The zero-order valence-electron chi connectivity index (χ0n) is 13.4. The van der Waals surface area contributed by atoms with Gasteiger partial charge in [-0.15, -0.1) is 0 Å². The Morgan fingerprint density at radius 3 is 2.68 bits per heavy atom. The molecule has 2 aliphatic heterocycles. The maximum atomic E-state index is 12.5. The second kappa shape index (κ2) is 6.77. The predicted molar refractivity (Wildman–Crippen MR) is 87.7 cm³/mol. The summed E-state index contributed by atoms with van der Waals surface area (Å²) in [5, 5.41) is 0. The molecule has 2 fully saturated rings. The van der Waals surface area contributed by atoms with Gasteiger partial charge in [0.2, 0.25) is 0 Å². The maximum Gasteiger partial charge on any atom is 0.253 e. The number of piperazine rings is 1. The maximum absolute atomic E-state index is 12.5. The summed E-state index contributed by atoms with van der Waals surface area (Å²) in [6.45, 7) is 6.80. The number of hydrogen-bond donors (Lipinski definition) is 1. The third-order valence-electron chi connectivity index (χ3n) is 4.69. The summed E-state index contributed by atoms with van der Waals surface area (Å²) < 4.78 is 0. The van der Waals surface area contributed by atoms with Gasteiger partial charge in [-0.3, -0.25) is 9.69 Å². The topological polar surface area (TPSA) is 52.8 Å². The Bertz CT molecular complexity index is 525. The minimum Gasteiger partial charge on any atom is -0.337 e. The second-order valence-corrected chi connectivity index (χ2v) is 6.58. The standard InChI is InChI=1S/C17H26N4O/c1-19-7-9-20(10-8-19)12-14-3-2-4-15(11-14)17(22)21-6-5-16(18)13-21/h2-4,11,16H,5-10,12-13,18H2,1H3/t16-/m0/s1. The third kappa shape index (κ3) is 3.66. The molecule has 2 aliphatic rings. The molecular formula is C17H26N4O. The van der Waals surface area contributed by atoms with Gasteiger partial charge >= 0.3 is 0 Å². The Morgan fingerprint density at radius 1 is 1.23 bits per heavy atom. The number of likely N-dealkylation sites (tertiary alicyclic amines) is 1. The van der Waals surface area contributed by atoms with Gasteiger partial charge in [0.1, 0.15) is 0 Å². The average molecular weight is 302 g/mol. The first-order valence-corrected chi connectivity index (χ1v) is 8.16. The molecule has 2 saturated heterocycles. The highest BCUT2D eigenvalue weighted by Gasteiger charge is 2.24. The zero-order valence-corrected chi connectivity index (χ0v) is 13.4. The van der Waals surface area contributed by atoms with Gasteiger partial charge < -0.3 is 15.5 Å². The van der Waals surface area contributed by atoms with Crippen molar-refractivity contribution in [2.24, 2.45) is 5.73 Å². The van der Waals surface area contributed by atoms with E-state index in [0.29, 0.717) is 6.54 Å². The quantitative estimate of drug-likeness (QED) is 0.889. The van der Waals surface area contributed by atoms with E-state index in [1.54, 1.807) is 0 Å². The van der Waals surface area contributed by atoms with Crippen LogP contribution in [0.4, 0.5) is 0 Å². The molecule has 1 aromatic rings. The van der Waals surface area contributed by atoms with Crippen LogP contribution >= 0.6 is 0 Å². The lowest BCUT2D eigenvalue weighted by molar-refractivity contribution is 0.0790. The summed E-state index contributed by atoms with van der Waals surface area (Å²) in [5.41, 5.74) is 7.91. The van der Waals surface area contributed by atoms with Crippen LogP contribution < -0.4 is 5.73 Å². The molecule has 1 atom stereocenters. The molecule has 2 heterocycles. The van der Waals surface area contributed by atoms with E-state index in [9.17, 15) is 4.79 Å². The number of carbonyl (C=O) groups is 1. The summed E-state index contributed by atoms with van der Waals surface area (Å²) in [4.78, 5) is 19.2. The van der Waals surface area contributed by atoms with Crippen molar-refractivity contribution < 1.29 is 4.79 Å². The van der Waals surface area contributed by atoms with Crippen LogP contribution in [0.5, 0.6) is 0 Å². The molecular weight excluding hydrogens is 276 g/mol. The molecule has 0 unspecified atom stereocenters. The lowest BCUT2D eigenvalue weighted by Crippen LogP contribution is -2.43. The van der Waals surface area contributed by atoms with Gasteiger partial charge in [0, 0.05) is 57.4 Å². The van der Waals surface area contributed by atoms with Gasteiger partial charge in [-0.05, 0) is 31.2 Å². The minimum atomic E-state index is 0.119. The Morgan fingerprint density at radius 2 is 2.00 bits per heavy atom. The fourth-order valence-electron chi connectivity index (χ4n) is 3.22. The average Bonchev–Trinajstić information content (AvgIpc) is 2.96. The molecule has 0 aliphatic carbocycles. The molecule has 22 heavy (non-hydrogen) atoms. The minimum absolute atomic E-state index is 0.119. The number of carbonyl (C=O) groups excluding carboxylic acids is 1. The molecule has 1 amide bonds. The molecule has 0 saturated carbocycles. The number of benzene rings is 1. The van der Waals surface area contributed by atoms with Crippen molar-refractivity contribution in [2.45, 2.75) is 19.0 Å². The van der Waals surface area contributed by atoms with Crippen molar-refractivity contribution in [2.75, 3.05) is 46.3 Å². The van der Waals surface area contributed by atoms with Crippen molar-refractivity contribution in [1.82, 2.24) is 14.7 Å². The highest BCUT2D eigenvalue weighted by molar-refractivity contribution is 5.94. The number of hydrogen-bond acceptors (Lipinski definition) is 4. The molecule has 0 spiro atoms. The Hall–Kier alpha value is -1.43. The van der Waals surface area contributed by atoms with E-state index in [1.165, 1.54) is 5.56 Å². The number of nitrogens with zero attached hydrogens (tertiary/aromatic N) is 3. The predicted octanol–water partition coefficient (Wildman–Crippen LogP) is 0.607. The van der Waals surface area contributed by atoms with Gasteiger partial charge in [0.15, 0.2) is 0 Å². The van der Waals surface area contributed by atoms with E-state index in [1.807, 2.05) is 23.1 Å². The summed E-state index contributed by atoms with van der Waals surface area (Å²) in [6.07, 6.45) is 0.909. The van der Waals surface area contributed by atoms with Gasteiger partial charge in [0.25, 0.3) is 5.91 Å². The van der Waals surface area contributed by atoms with E-state index >= 15 is 0 Å². The first-order chi connectivity index (χ1) is 10.6. The largest absolute Gasteiger partial charge is 0.337 e. The van der Waals surface area contributed by atoms with Crippen LogP contribution in [-0.4, -0.2) is 73.0 Å². The van der Waals surface area contributed by atoms with Crippen LogP contribution in [0.15, 0.2) is 24.3 Å². The SMILES string of the molecule is CN1CCN(Cc2cccc(C(=O)N3CC[C@H](N)C3)c2)CC1. The molecule has 5 heteroatoms. The van der Waals surface area contributed by atoms with Crippen LogP contribution in [-0.2, 0) is 6.54 Å². The molecule has 1 aromatic carbocycles. The fraction of sp³-hybridized carbons (Fsp3) is 0.588. The molecule has 0 bridgehead atoms. The smallest absolute Gasteiger partial charge is 0.253 e. The van der Waals surface area contributed by atoms with Crippen LogP contribution in [0, 0.1) is 0 Å². The Kier molecular flexibility index (Phi) is 4.76. The first kappa shape index (κ1) is 15.5. The molecule has 3 rings (SSSR count). The van der Waals surface area contributed by atoms with Crippen molar-refractivity contribution >= 4 is 5.91 Å². The van der Waals surface area contributed by atoms with E-state index in [4.69, 9.17) is 5.73 Å². The van der Waals surface area contributed by atoms with Gasteiger partial charge in [0.05, 0.1) is 0 Å².